The third-order valence-electron chi connectivity index (χ3n) is 11.0. The first-order valence-electron chi connectivity index (χ1n) is 25.1. The molecule has 0 N–H and O–H groups in total. The second-order valence-electron chi connectivity index (χ2n) is 18.2. The van der Waals surface area contributed by atoms with Crippen LogP contribution in [0.2, 0.25) is 0 Å². The summed E-state index contributed by atoms with van der Waals surface area (Å²) >= 11 is 0. The molecule has 0 aliphatic rings. The molecule has 0 saturated heterocycles. The highest BCUT2D eigenvalue weighted by Gasteiger charge is 2.30. The maximum Gasteiger partial charge on any atom is 0.475 e. The zero-order valence-electron chi connectivity index (χ0n) is 40.3. The van der Waals surface area contributed by atoms with Crippen LogP contribution in [0.15, 0.2) is 0 Å². The van der Waals surface area contributed by atoms with Gasteiger partial charge in [0.2, 0.25) is 6.54 Å². The number of phosphoric acid groups is 1. The van der Waals surface area contributed by atoms with Crippen LogP contribution in [-0.2, 0) is 37.2 Å². The third kappa shape index (κ3) is 48.3. The molecule has 0 fully saturated rings. The summed E-state index contributed by atoms with van der Waals surface area (Å²) in [5.41, 5.74) is 0. The summed E-state index contributed by atoms with van der Waals surface area (Å²) in [5, 5.41) is 0. The number of nitrogens with zero attached hydrogens (tertiary/aromatic N) is 2. The van der Waals surface area contributed by atoms with Crippen LogP contribution in [0.4, 0.5) is 0 Å². The first-order chi connectivity index (χ1) is 29.0. The van der Waals surface area contributed by atoms with Crippen LogP contribution >= 0.6 is 7.82 Å². The summed E-state index contributed by atoms with van der Waals surface area (Å²) in [4.78, 5) is 28.9. The zero-order chi connectivity index (χ0) is 44.3. The molecule has 0 rings (SSSR count). The molecule has 0 aromatic rings. The van der Waals surface area contributed by atoms with Gasteiger partial charge < -0.3 is 31.2 Å². The summed E-state index contributed by atoms with van der Waals surface area (Å²) in [7, 11) is 2.27. The van der Waals surface area contributed by atoms with E-state index in [-0.39, 0.29) is 65.2 Å². The van der Waals surface area contributed by atoms with Gasteiger partial charge in [-0.1, -0.05) is 201 Å². The molecule has 0 radical (unpaired) electrons. The maximum atomic E-state index is 13.6. The Morgan fingerprint density at radius 1 is 0.516 bits per heavy atom. The summed E-state index contributed by atoms with van der Waals surface area (Å²) in [6.07, 6.45) is 38.6. The molecule has 0 aromatic carbocycles. The lowest BCUT2D eigenvalue weighted by molar-refractivity contribution is -0.870. The predicted octanol–water partition coefficient (Wildman–Crippen LogP) is 12.2. The SMILES string of the molecule is C.[C-]#[N+]CCOP(=O)(OCCCC[N+](C)(C)C)OCC(COC(=O)CCCCCCCCCCCCCCCCC)OC(=O)CCCCCCCCCCCCCCCCC.[Cl-]. The minimum Gasteiger partial charge on any atom is -1.00 e. The Bertz CT molecular complexity index is 1070. The van der Waals surface area contributed by atoms with Gasteiger partial charge in [0, 0.05) is 12.8 Å². The van der Waals surface area contributed by atoms with Gasteiger partial charge in [-0.3, -0.25) is 23.2 Å². The van der Waals surface area contributed by atoms with E-state index in [2.05, 4.69) is 39.8 Å². The molecule has 370 valence electrons. The fourth-order valence-electron chi connectivity index (χ4n) is 7.25. The quantitative estimate of drug-likeness (QED) is 0.0196. The Morgan fingerprint density at radius 3 is 1.27 bits per heavy atom. The number of carbonyl (C=O) groups excluding carboxylic acids is 2. The van der Waals surface area contributed by atoms with Crippen molar-refractivity contribution >= 4 is 19.8 Å². The zero-order valence-corrected chi connectivity index (χ0v) is 42.0. The summed E-state index contributed by atoms with van der Waals surface area (Å²) in [6, 6.07) is 0. The molecule has 2 unspecified atom stereocenters. The van der Waals surface area contributed by atoms with Gasteiger partial charge in [0.1, 0.15) is 13.2 Å². The fourth-order valence-corrected chi connectivity index (χ4v) is 8.48. The van der Waals surface area contributed by atoms with Crippen LogP contribution in [0.5, 0.6) is 0 Å². The van der Waals surface area contributed by atoms with Crippen molar-refractivity contribution in [3.05, 3.63) is 11.4 Å². The minimum atomic E-state index is -4.05. The van der Waals surface area contributed by atoms with Crippen molar-refractivity contribution in [1.82, 2.24) is 0 Å². The van der Waals surface area contributed by atoms with Gasteiger partial charge in [0.25, 0.3) is 0 Å². The van der Waals surface area contributed by atoms with Gasteiger partial charge >= 0.3 is 19.8 Å². The molecule has 0 heterocycles. The van der Waals surface area contributed by atoms with Crippen LogP contribution < -0.4 is 12.4 Å². The van der Waals surface area contributed by atoms with E-state index in [9.17, 15) is 14.2 Å². The van der Waals surface area contributed by atoms with Crippen LogP contribution in [0, 0.1) is 6.57 Å². The highest BCUT2D eigenvalue weighted by Crippen LogP contribution is 2.49. The average Bonchev–Trinajstić information content (AvgIpc) is 3.21. The van der Waals surface area contributed by atoms with E-state index in [4.69, 9.17) is 29.6 Å². The monoisotopic (exact) mass is 923 g/mol. The highest BCUT2D eigenvalue weighted by molar-refractivity contribution is 7.48. The minimum absolute atomic E-state index is 0. The molecule has 2 atom stereocenters. The first-order valence-corrected chi connectivity index (χ1v) is 26.5. The molecule has 0 amide bonds. The van der Waals surface area contributed by atoms with E-state index in [1.807, 2.05) is 0 Å². The van der Waals surface area contributed by atoms with Crippen molar-refractivity contribution in [2.45, 2.75) is 246 Å². The van der Waals surface area contributed by atoms with Crippen LogP contribution in [0.25, 0.3) is 4.85 Å². The van der Waals surface area contributed by atoms with Gasteiger partial charge in [-0.25, -0.2) is 11.1 Å². The van der Waals surface area contributed by atoms with E-state index in [1.54, 1.807) is 0 Å². The van der Waals surface area contributed by atoms with Gasteiger partial charge in [-0.05, 0) is 25.7 Å². The van der Waals surface area contributed by atoms with Crippen molar-refractivity contribution in [3.63, 3.8) is 0 Å². The van der Waals surface area contributed by atoms with Gasteiger partial charge in [-0.15, -0.1) is 0 Å². The van der Waals surface area contributed by atoms with Gasteiger partial charge in [-0.2, -0.15) is 0 Å². The number of carbonyl (C=O) groups is 2. The highest BCUT2D eigenvalue weighted by atomic mass is 35.5. The molecule has 0 aromatic heterocycles. The van der Waals surface area contributed by atoms with E-state index in [0.29, 0.717) is 12.8 Å². The predicted molar refractivity (Wildman–Crippen MR) is 256 cm³/mol. The summed E-state index contributed by atoms with van der Waals surface area (Å²) in [5.74, 6) is -0.750. The van der Waals surface area contributed by atoms with E-state index in [0.717, 1.165) is 56.0 Å². The van der Waals surface area contributed by atoms with Gasteiger partial charge in [0.05, 0.1) is 40.9 Å². The second kappa shape index (κ2) is 47.7. The molecule has 0 bridgehead atoms. The molecule has 0 aliphatic carbocycles. The topological polar surface area (TPSA) is 102 Å². The average molecular weight is 924 g/mol. The van der Waals surface area contributed by atoms with Crippen molar-refractivity contribution in [2.24, 2.45) is 0 Å². The van der Waals surface area contributed by atoms with Gasteiger partial charge in [0.15, 0.2) is 6.10 Å². The number of phosphoric ester groups is 1. The third-order valence-corrected chi connectivity index (χ3v) is 12.5. The summed E-state index contributed by atoms with van der Waals surface area (Å²) < 4.78 is 42.4. The molecule has 0 spiro atoms. The molecular formula is C50H100ClN2O8P. The normalized spacial score (nSPS) is 12.8. The van der Waals surface area contributed by atoms with Crippen LogP contribution in [0.3, 0.4) is 0 Å². The van der Waals surface area contributed by atoms with Crippen LogP contribution in [0.1, 0.15) is 240 Å². The van der Waals surface area contributed by atoms with E-state index >= 15 is 0 Å². The number of esters is 2. The maximum absolute atomic E-state index is 13.6. The standard InChI is InChI=1S/C49H96N2O8P.CH4.ClH/c1-7-9-11-13-15-17-19-21-23-25-27-29-31-33-35-39-48(52)55-45-47(46-58-60(54,57-44-41-50-3)56-43-38-37-42-51(4,5)6)59-49(53)40-36-34-32-30-28-26-24-22-20-18-16-14-12-10-8-2;;/h47H,7-46H2,1-2,4-6H3;1H4;1H/q+1;;/p-1. The lowest BCUT2D eigenvalue weighted by atomic mass is 10.0. The van der Waals surface area contributed by atoms with Crippen LogP contribution in [-0.4, -0.2) is 83.2 Å². The Balaban J connectivity index is -0.0000174. The number of hydrogen-bond donors (Lipinski definition) is 0. The molecule has 62 heavy (non-hydrogen) atoms. The smallest absolute Gasteiger partial charge is 0.475 e. The fraction of sp³-hybridized carbons (Fsp3) is 0.940. The lowest BCUT2D eigenvalue weighted by Gasteiger charge is -2.24. The van der Waals surface area contributed by atoms with E-state index < -0.39 is 19.9 Å². The molecule has 10 nitrogen and oxygen atoms in total. The number of hydrogen-bond acceptors (Lipinski definition) is 8. The van der Waals surface area contributed by atoms with Crippen molar-refractivity contribution in [3.8, 4) is 0 Å². The Morgan fingerprint density at radius 2 is 0.887 bits per heavy atom. The number of unbranched alkanes of at least 4 members (excludes halogenated alkanes) is 29. The van der Waals surface area contributed by atoms with Crippen molar-refractivity contribution < 1.29 is 54.1 Å². The Hall–Kier alpha value is -1.21. The number of rotatable bonds is 47. The largest absolute Gasteiger partial charge is 1.00 e. The molecule has 12 heteroatoms. The van der Waals surface area contributed by atoms with E-state index in [1.165, 1.54) is 154 Å². The lowest BCUT2D eigenvalue weighted by Crippen LogP contribution is -3.00. The summed E-state index contributed by atoms with van der Waals surface area (Å²) in [6.45, 7) is 12.1. The number of ether oxygens (including phenoxy) is 2. The molecule has 0 aliphatic heterocycles. The first kappa shape index (κ1) is 65.1. The number of halogens is 1. The Labute approximate surface area is 390 Å². The molecular weight excluding hydrogens is 823 g/mol. The van der Waals surface area contributed by atoms with Crippen molar-refractivity contribution in [1.29, 1.82) is 0 Å². The second-order valence-corrected chi connectivity index (χ2v) is 19.9. The number of quaternary nitrogens is 1. The Kier molecular flexibility index (Phi) is 50.1. The van der Waals surface area contributed by atoms with Crippen molar-refractivity contribution in [2.75, 3.05) is 60.7 Å². The molecule has 0 saturated carbocycles.